The number of aromatic nitrogens is 2. The summed E-state index contributed by atoms with van der Waals surface area (Å²) < 4.78 is 13.5. The Kier molecular flexibility index (Phi) is 8.16. The topological polar surface area (TPSA) is 121 Å². The Labute approximate surface area is 256 Å². The van der Waals surface area contributed by atoms with E-state index in [0.29, 0.717) is 57.5 Å². The van der Waals surface area contributed by atoms with Gasteiger partial charge in [-0.25, -0.2) is 4.79 Å². The Morgan fingerprint density at radius 1 is 0.818 bits per heavy atom. The highest BCUT2D eigenvalue weighted by molar-refractivity contribution is 6.31. The monoisotopic (exact) mass is 610 g/mol. The molecule has 11 heteroatoms. The van der Waals surface area contributed by atoms with Crippen LogP contribution in [0.2, 0.25) is 5.02 Å². The number of para-hydroxylation sites is 1. The molecule has 222 valence electrons. The molecule has 2 heterocycles. The van der Waals surface area contributed by atoms with Gasteiger partial charge in [-0.3, -0.25) is 23.5 Å². The number of hydrogen-bond acceptors (Lipinski definition) is 6. The average Bonchev–Trinajstić information content (AvgIpc) is 3.05. The molecule has 0 spiro atoms. The summed E-state index contributed by atoms with van der Waals surface area (Å²) in [5, 5.41) is 6.49. The van der Waals surface area contributed by atoms with Gasteiger partial charge in [0.2, 0.25) is 5.91 Å². The van der Waals surface area contributed by atoms with E-state index in [1.165, 1.54) is 4.57 Å². The Hall–Kier alpha value is -5.35. The molecule has 0 fully saturated rings. The third-order valence-corrected chi connectivity index (χ3v) is 7.58. The molecule has 1 aromatic heterocycles. The first-order chi connectivity index (χ1) is 21.4. The van der Waals surface area contributed by atoms with Gasteiger partial charge in [-0.2, -0.15) is 0 Å². The van der Waals surface area contributed by atoms with Crippen molar-refractivity contribution >= 4 is 40.0 Å². The zero-order chi connectivity index (χ0) is 30.6. The Morgan fingerprint density at radius 3 is 2.34 bits per heavy atom. The first-order valence-corrected chi connectivity index (χ1v) is 14.3. The third-order valence-electron chi connectivity index (χ3n) is 7.21. The predicted molar refractivity (Wildman–Crippen MR) is 167 cm³/mol. The number of carbonyl (C=O) groups is 2. The highest BCUT2D eigenvalue weighted by Gasteiger charge is 2.18. The van der Waals surface area contributed by atoms with Crippen LogP contribution < -0.4 is 31.4 Å². The van der Waals surface area contributed by atoms with Crippen molar-refractivity contribution in [2.24, 2.45) is 0 Å². The van der Waals surface area contributed by atoms with Crippen LogP contribution >= 0.6 is 11.6 Å². The molecule has 6 rings (SSSR count). The second kappa shape index (κ2) is 12.5. The summed E-state index contributed by atoms with van der Waals surface area (Å²) in [6, 6.07) is 25.6. The number of nitrogens with zero attached hydrogens (tertiary/aromatic N) is 2. The maximum absolute atomic E-state index is 13.6. The van der Waals surface area contributed by atoms with Crippen molar-refractivity contribution in [3.05, 3.63) is 134 Å². The van der Waals surface area contributed by atoms with E-state index in [-0.39, 0.29) is 25.5 Å². The number of amides is 2. The first-order valence-electron chi connectivity index (χ1n) is 13.9. The zero-order valence-electron chi connectivity index (χ0n) is 23.4. The molecule has 5 aromatic rings. The fourth-order valence-corrected chi connectivity index (χ4v) is 5.19. The van der Waals surface area contributed by atoms with Crippen molar-refractivity contribution in [2.75, 3.05) is 18.5 Å². The van der Waals surface area contributed by atoms with Crippen LogP contribution in [0.5, 0.6) is 11.5 Å². The summed E-state index contributed by atoms with van der Waals surface area (Å²) in [6.45, 7) is 0.766. The normalized spacial score (nSPS) is 12.1. The van der Waals surface area contributed by atoms with Crippen molar-refractivity contribution < 1.29 is 19.1 Å². The van der Waals surface area contributed by atoms with Gasteiger partial charge in [0.05, 0.1) is 17.4 Å². The van der Waals surface area contributed by atoms with E-state index in [2.05, 4.69) is 10.6 Å². The van der Waals surface area contributed by atoms with Crippen molar-refractivity contribution in [1.29, 1.82) is 0 Å². The molecular weight excluding hydrogens is 584 g/mol. The van der Waals surface area contributed by atoms with Crippen molar-refractivity contribution in [3.8, 4) is 11.5 Å². The van der Waals surface area contributed by atoms with Gasteiger partial charge in [0, 0.05) is 28.9 Å². The Balaban J connectivity index is 1.21. The summed E-state index contributed by atoms with van der Waals surface area (Å²) in [7, 11) is 0. The van der Waals surface area contributed by atoms with Crippen LogP contribution in [0.25, 0.3) is 10.9 Å². The summed E-state index contributed by atoms with van der Waals surface area (Å²) in [4.78, 5) is 52.8. The fourth-order valence-electron chi connectivity index (χ4n) is 4.99. The molecule has 4 aromatic carbocycles. The maximum atomic E-state index is 13.6. The largest absolute Gasteiger partial charge is 0.486 e. The summed E-state index contributed by atoms with van der Waals surface area (Å²) in [5.74, 6) is 0.376. The van der Waals surface area contributed by atoms with Crippen LogP contribution in [0.3, 0.4) is 0 Å². The van der Waals surface area contributed by atoms with Crippen LogP contribution in [0, 0.1) is 0 Å². The minimum atomic E-state index is -0.632. The van der Waals surface area contributed by atoms with Gasteiger partial charge in [0.15, 0.2) is 11.5 Å². The molecule has 0 atom stereocenters. The van der Waals surface area contributed by atoms with Gasteiger partial charge in [-0.1, -0.05) is 54.1 Å². The van der Waals surface area contributed by atoms with E-state index in [9.17, 15) is 19.2 Å². The average molecular weight is 611 g/mol. The van der Waals surface area contributed by atoms with E-state index >= 15 is 0 Å². The smallest absolute Gasteiger partial charge is 0.332 e. The number of carbonyl (C=O) groups excluding carboxylic acids is 2. The molecule has 0 saturated heterocycles. The SMILES string of the molecule is O=C(Cn1c(=O)n(Cc2ccc(C(=O)NCc3ccccc3Cl)cc2)c(=O)c2ccccc21)Nc1ccc2c(c1)OCCO2. The molecular formula is C33H27ClN4O6. The molecule has 0 unspecified atom stereocenters. The van der Waals surface area contributed by atoms with Gasteiger partial charge in [-0.15, -0.1) is 0 Å². The quantitative estimate of drug-likeness (QED) is 0.272. The molecule has 0 saturated carbocycles. The lowest BCUT2D eigenvalue weighted by Gasteiger charge is -2.19. The number of fused-ring (bicyclic) bond motifs is 2. The molecule has 44 heavy (non-hydrogen) atoms. The number of benzene rings is 4. The highest BCUT2D eigenvalue weighted by atomic mass is 35.5. The van der Waals surface area contributed by atoms with Gasteiger partial charge < -0.3 is 20.1 Å². The lowest BCUT2D eigenvalue weighted by atomic mass is 10.1. The maximum Gasteiger partial charge on any atom is 0.332 e. The molecule has 2 N–H and O–H groups in total. The predicted octanol–water partition coefficient (Wildman–Crippen LogP) is 4.20. The molecule has 1 aliphatic heterocycles. The Morgan fingerprint density at radius 2 is 1.55 bits per heavy atom. The van der Waals surface area contributed by atoms with E-state index in [1.54, 1.807) is 72.8 Å². The van der Waals surface area contributed by atoms with Crippen molar-refractivity contribution in [3.63, 3.8) is 0 Å². The van der Waals surface area contributed by atoms with Crippen molar-refractivity contribution in [1.82, 2.24) is 14.5 Å². The lowest BCUT2D eigenvalue weighted by Crippen LogP contribution is -2.42. The fraction of sp³-hybridized carbons (Fsp3) is 0.152. The van der Waals surface area contributed by atoms with Crippen LogP contribution in [-0.4, -0.2) is 34.2 Å². The molecule has 0 bridgehead atoms. The number of ether oxygens (including phenoxy) is 2. The number of anilines is 1. The minimum Gasteiger partial charge on any atom is -0.486 e. The number of hydrogen-bond donors (Lipinski definition) is 2. The molecule has 0 radical (unpaired) electrons. The molecule has 10 nitrogen and oxygen atoms in total. The molecule has 2 amide bonds. The van der Waals surface area contributed by atoms with Gasteiger partial charge in [0.25, 0.3) is 11.5 Å². The first kappa shape index (κ1) is 28.8. The van der Waals surface area contributed by atoms with E-state index in [4.69, 9.17) is 21.1 Å². The standard InChI is InChI=1S/C33H27ClN4O6/c34-26-7-3-1-5-23(26)18-35-31(40)22-11-9-21(10-12-22)19-38-32(41)25-6-2-4-8-27(25)37(33(38)42)20-30(39)36-24-13-14-28-29(17-24)44-16-15-43-28/h1-14,17H,15-16,18-20H2,(H,35,40)(H,36,39). The van der Waals surface area contributed by atoms with Crippen LogP contribution in [0.1, 0.15) is 21.5 Å². The van der Waals surface area contributed by atoms with Gasteiger partial charge in [0.1, 0.15) is 19.8 Å². The van der Waals surface area contributed by atoms with E-state index in [1.807, 2.05) is 18.2 Å². The molecule has 0 aliphatic carbocycles. The second-order valence-corrected chi connectivity index (χ2v) is 10.6. The third kappa shape index (κ3) is 6.06. The van der Waals surface area contributed by atoms with Crippen LogP contribution in [0.4, 0.5) is 5.69 Å². The number of halogens is 1. The summed E-state index contributed by atoms with van der Waals surface area (Å²) in [5.41, 5.74) is 1.58. The number of nitrogens with one attached hydrogen (secondary N) is 2. The van der Waals surface area contributed by atoms with E-state index < -0.39 is 17.2 Å². The Bertz CT molecular complexity index is 2000. The van der Waals surface area contributed by atoms with Crippen LogP contribution in [0.15, 0.2) is 101 Å². The second-order valence-electron chi connectivity index (χ2n) is 10.2. The van der Waals surface area contributed by atoms with E-state index in [0.717, 1.165) is 10.1 Å². The minimum absolute atomic E-state index is 0.0478. The van der Waals surface area contributed by atoms with Crippen molar-refractivity contribution in [2.45, 2.75) is 19.6 Å². The molecule has 1 aliphatic rings. The summed E-state index contributed by atoms with van der Waals surface area (Å²) >= 11 is 6.17. The van der Waals surface area contributed by atoms with Gasteiger partial charge in [-0.05, 0) is 53.6 Å². The van der Waals surface area contributed by atoms with Crippen LogP contribution in [-0.2, 0) is 24.4 Å². The lowest BCUT2D eigenvalue weighted by molar-refractivity contribution is -0.116. The summed E-state index contributed by atoms with van der Waals surface area (Å²) in [6.07, 6.45) is 0. The zero-order valence-corrected chi connectivity index (χ0v) is 24.2. The number of rotatable bonds is 8. The highest BCUT2D eigenvalue weighted by Crippen LogP contribution is 2.32. The van der Waals surface area contributed by atoms with Gasteiger partial charge >= 0.3 is 5.69 Å².